The number of alkyl halides is 4. The third-order valence-electron chi connectivity index (χ3n) is 7.14. The summed E-state index contributed by atoms with van der Waals surface area (Å²) in [6.07, 6.45) is -4.95. The van der Waals surface area contributed by atoms with E-state index in [0.717, 1.165) is 4.90 Å². The van der Waals surface area contributed by atoms with Crippen LogP contribution in [0.15, 0.2) is 51.8 Å². The average Bonchev–Trinajstić information content (AvgIpc) is 3.42. The number of hydrogen-bond acceptors (Lipinski definition) is 10. The van der Waals surface area contributed by atoms with Crippen LogP contribution in [0.3, 0.4) is 0 Å². The van der Waals surface area contributed by atoms with Crippen molar-refractivity contribution in [1.82, 2.24) is 20.8 Å². The zero-order valence-corrected chi connectivity index (χ0v) is 26.7. The fourth-order valence-electron chi connectivity index (χ4n) is 5.21. The SMILES string of the molecule is CC(C)(C)OC(=O)N[C@H]1CS(=O)(=O)c2ccc(-c3nnc(C4CNCC(F)(F)C4)o3)cc2N(Cc2ccc(OC(C)(F)F)cc2)C1=O.[HH].[HH]. The zero-order chi connectivity index (χ0) is 34.4. The van der Waals surface area contributed by atoms with E-state index in [2.05, 4.69) is 25.6 Å². The number of fused-ring (bicyclic) bond motifs is 1. The van der Waals surface area contributed by atoms with Crippen LogP contribution in [0.2, 0.25) is 0 Å². The molecule has 2 aliphatic rings. The maximum atomic E-state index is 14.0. The Bertz CT molecular complexity index is 1770. The lowest BCUT2D eigenvalue weighted by molar-refractivity contribution is -0.159. The van der Waals surface area contributed by atoms with Gasteiger partial charge in [-0.15, -0.1) is 10.2 Å². The summed E-state index contributed by atoms with van der Waals surface area (Å²) in [6.45, 7) is 4.84. The van der Waals surface area contributed by atoms with Gasteiger partial charge in [-0.25, -0.2) is 22.0 Å². The summed E-state index contributed by atoms with van der Waals surface area (Å²) in [7, 11) is -4.22. The van der Waals surface area contributed by atoms with Gasteiger partial charge < -0.3 is 29.4 Å². The highest BCUT2D eigenvalue weighted by atomic mass is 32.2. The highest BCUT2D eigenvalue weighted by Gasteiger charge is 2.41. The van der Waals surface area contributed by atoms with Gasteiger partial charge in [-0.1, -0.05) is 12.1 Å². The molecule has 12 nitrogen and oxygen atoms in total. The Hall–Kier alpha value is -4.25. The number of amides is 2. The largest absolute Gasteiger partial charge is 0.444 e. The van der Waals surface area contributed by atoms with Gasteiger partial charge in [0, 0.05) is 28.3 Å². The van der Waals surface area contributed by atoms with Gasteiger partial charge in [0.05, 0.1) is 35.3 Å². The van der Waals surface area contributed by atoms with Crippen molar-refractivity contribution in [2.24, 2.45) is 0 Å². The molecular weight excluding hydrogens is 650 g/mol. The Labute approximate surface area is 270 Å². The van der Waals surface area contributed by atoms with Crippen molar-refractivity contribution >= 4 is 27.5 Å². The molecule has 47 heavy (non-hydrogen) atoms. The second-order valence-corrected chi connectivity index (χ2v) is 14.5. The number of benzene rings is 2. The van der Waals surface area contributed by atoms with E-state index in [-0.39, 0.29) is 49.6 Å². The van der Waals surface area contributed by atoms with Crippen LogP contribution in [-0.4, -0.2) is 73.1 Å². The van der Waals surface area contributed by atoms with Gasteiger partial charge in [0.2, 0.25) is 11.8 Å². The molecule has 0 saturated carbocycles. The summed E-state index contributed by atoms with van der Waals surface area (Å²) < 4.78 is 97.5. The van der Waals surface area contributed by atoms with Crippen LogP contribution < -0.4 is 20.3 Å². The van der Waals surface area contributed by atoms with Gasteiger partial charge in [-0.3, -0.25) is 4.79 Å². The van der Waals surface area contributed by atoms with Crippen LogP contribution in [0.4, 0.5) is 28.0 Å². The molecule has 5 rings (SSSR count). The molecule has 258 valence electrons. The number of carbonyl (C=O) groups is 2. The number of anilines is 1. The number of hydrogen-bond donors (Lipinski definition) is 2. The van der Waals surface area contributed by atoms with Gasteiger partial charge in [-0.05, 0) is 56.7 Å². The minimum Gasteiger partial charge on any atom is -0.444 e. The first-order valence-corrected chi connectivity index (χ1v) is 16.2. The lowest BCUT2D eigenvalue weighted by atomic mass is 9.97. The molecule has 0 aliphatic carbocycles. The van der Waals surface area contributed by atoms with Crippen molar-refractivity contribution in [1.29, 1.82) is 0 Å². The van der Waals surface area contributed by atoms with Crippen LogP contribution in [-0.2, 0) is 25.9 Å². The molecule has 2 N–H and O–H groups in total. The van der Waals surface area contributed by atoms with Crippen molar-refractivity contribution in [3.8, 4) is 17.2 Å². The predicted molar refractivity (Wildman–Crippen MR) is 163 cm³/mol. The molecule has 1 saturated heterocycles. The quantitative estimate of drug-likeness (QED) is 0.319. The Morgan fingerprint density at radius 2 is 1.85 bits per heavy atom. The molecule has 2 atom stereocenters. The number of ether oxygens (including phenoxy) is 2. The van der Waals surface area contributed by atoms with E-state index < -0.39 is 70.1 Å². The fourth-order valence-corrected chi connectivity index (χ4v) is 6.81. The number of rotatable bonds is 7. The molecule has 2 aromatic carbocycles. The normalized spacial score (nSPS) is 21.0. The Morgan fingerprint density at radius 1 is 1.15 bits per heavy atom. The second-order valence-electron chi connectivity index (χ2n) is 12.5. The maximum absolute atomic E-state index is 14.0. The van der Waals surface area contributed by atoms with Crippen molar-refractivity contribution in [3.63, 3.8) is 0 Å². The molecule has 2 aliphatic heterocycles. The van der Waals surface area contributed by atoms with E-state index in [1.54, 1.807) is 20.8 Å². The highest BCUT2D eigenvalue weighted by molar-refractivity contribution is 7.91. The molecule has 17 heteroatoms. The predicted octanol–water partition coefficient (Wildman–Crippen LogP) is 5.15. The lowest BCUT2D eigenvalue weighted by Gasteiger charge is -2.27. The molecule has 3 aromatic rings. The average molecular weight is 688 g/mol. The molecule has 3 heterocycles. The van der Waals surface area contributed by atoms with Crippen LogP contribution in [0.25, 0.3) is 11.5 Å². The minimum absolute atomic E-state index is 0. The molecule has 0 radical (unpaired) electrons. The van der Waals surface area contributed by atoms with Crippen LogP contribution in [0.5, 0.6) is 5.75 Å². The van der Waals surface area contributed by atoms with Gasteiger partial charge in [0.15, 0.2) is 9.84 Å². The fraction of sp³-hybridized carbons (Fsp3) is 0.467. The first kappa shape index (κ1) is 34.1. The number of halogens is 4. The number of aromatic nitrogens is 2. The summed E-state index contributed by atoms with van der Waals surface area (Å²) in [5.74, 6) is -5.62. The third kappa shape index (κ3) is 8.38. The van der Waals surface area contributed by atoms with Crippen molar-refractivity contribution < 1.29 is 52.3 Å². The first-order valence-electron chi connectivity index (χ1n) is 14.5. The van der Waals surface area contributed by atoms with Gasteiger partial charge >= 0.3 is 12.2 Å². The number of piperidine rings is 1. The van der Waals surface area contributed by atoms with E-state index in [1.807, 2.05) is 0 Å². The van der Waals surface area contributed by atoms with E-state index in [4.69, 9.17) is 9.15 Å². The number of nitrogens with one attached hydrogen (secondary N) is 2. The standard InChI is InChI=1S/C30H33F4N5O7S.2H2/c1-28(2,3)46-27(41)36-21-15-47(42,43)23-10-7-18(24-37-38-25(44-24)19-12-30(33,34)16-35-13-19)11-22(23)39(26(21)40)14-17-5-8-20(9-6-17)45-29(4,31)32;;/h5-11,19,21,35H,12-16H2,1-4H3,(H,36,41);2*1H/t19?,21-;;/m0../s1. The van der Waals surface area contributed by atoms with Crippen LogP contribution in [0, 0.1) is 0 Å². The van der Waals surface area contributed by atoms with Gasteiger partial charge in [-0.2, -0.15) is 8.78 Å². The minimum atomic E-state index is -4.22. The Balaban J connectivity index is 0.00000325. The van der Waals surface area contributed by atoms with Gasteiger partial charge in [0.1, 0.15) is 17.4 Å². The second kappa shape index (κ2) is 12.4. The maximum Gasteiger partial charge on any atom is 0.408 e. The highest BCUT2D eigenvalue weighted by Crippen LogP contribution is 2.37. The number of nitrogens with zero attached hydrogens (tertiary/aromatic N) is 3. The number of alkyl carbamates (subject to hydrolysis) is 1. The van der Waals surface area contributed by atoms with E-state index in [1.165, 1.54) is 42.5 Å². The Kier molecular flexibility index (Phi) is 9.00. The van der Waals surface area contributed by atoms with Crippen LogP contribution in [0.1, 0.15) is 54.3 Å². The Morgan fingerprint density at radius 3 is 2.49 bits per heavy atom. The molecule has 2 amide bonds. The molecular formula is C30H37F4N5O7S. The van der Waals surface area contributed by atoms with Crippen LogP contribution >= 0.6 is 0 Å². The first-order chi connectivity index (χ1) is 21.8. The number of sulfone groups is 1. The molecule has 0 spiro atoms. The summed E-state index contributed by atoms with van der Waals surface area (Å²) in [6, 6.07) is 7.77. The van der Waals surface area contributed by atoms with Crippen molar-refractivity contribution in [2.45, 2.75) is 75.1 Å². The summed E-state index contributed by atoms with van der Waals surface area (Å²) >= 11 is 0. The molecule has 1 aromatic heterocycles. The smallest absolute Gasteiger partial charge is 0.408 e. The van der Waals surface area contributed by atoms with E-state index >= 15 is 0 Å². The molecule has 0 bridgehead atoms. The van der Waals surface area contributed by atoms with Crippen molar-refractivity contribution in [3.05, 3.63) is 53.9 Å². The summed E-state index contributed by atoms with van der Waals surface area (Å²) in [5.41, 5.74) is -0.437. The monoisotopic (exact) mass is 687 g/mol. The summed E-state index contributed by atoms with van der Waals surface area (Å²) in [4.78, 5) is 27.5. The zero-order valence-electron chi connectivity index (χ0n) is 25.9. The van der Waals surface area contributed by atoms with Gasteiger partial charge in [0.25, 0.3) is 11.8 Å². The van der Waals surface area contributed by atoms with Crippen molar-refractivity contribution in [2.75, 3.05) is 23.7 Å². The van der Waals surface area contributed by atoms with E-state index in [9.17, 15) is 35.6 Å². The number of carbonyl (C=O) groups excluding carboxylic acids is 2. The summed E-state index contributed by atoms with van der Waals surface area (Å²) in [5, 5.41) is 12.9. The lowest BCUT2D eigenvalue weighted by Crippen LogP contribution is -2.51. The third-order valence-corrected chi connectivity index (χ3v) is 8.93. The topological polar surface area (TPSA) is 153 Å². The molecule has 1 unspecified atom stereocenters. The molecule has 1 fully saturated rings. The van der Waals surface area contributed by atoms with E-state index in [0.29, 0.717) is 12.5 Å².